The molecule has 2 aromatic carbocycles. The number of rotatable bonds is 10. The summed E-state index contributed by atoms with van der Waals surface area (Å²) >= 11 is 1.65. The fraction of sp³-hybridized carbons (Fsp3) is 0.400. The molecule has 1 saturated heterocycles. The third-order valence-corrected chi connectivity index (χ3v) is 8.27. The first kappa shape index (κ1) is 26.3. The lowest BCUT2D eigenvalue weighted by Gasteiger charge is -2.29. The van der Waals surface area contributed by atoms with Crippen LogP contribution >= 0.6 is 11.3 Å². The van der Waals surface area contributed by atoms with Crippen LogP contribution in [0.5, 0.6) is 11.5 Å². The van der Waals surface area contributed by atoms with Gasteiger partial charge in [0.25, 0.3) is 5.91 Å². The van der Waals surface area contributed by atoms with E-state index in [9.17, 15) is 9.59 Å². The van der Waals surface area contributed by atoms with Gasteiger partial charge in [0.15, 0.2) is 11.5 Å². The summed E-state index contributed by atoms with van der Waals surface area (Å²) in [5, 5.41) is 2.05. The Kier molecular flexibility index (Phi) is 8.29. The highest BCUT2D eigenvalue weighted by atomic mass is 32.1. The van der Waals surface area contributed by atoms with E-state index in [4.69, 9.17) is 9.47 Å². The Morgan fingerprint density at radius 3 is 2.42 bits per heavy atom. The van der Waals surface area contributed by atoms with Crippen LogP contribution in [-0.4, -0.2) is 66.0 Å². The van der Waals surface area contributed by atoms with Crippen molar-refractivity contribution in [3.05, 3.63) is 81.0 Å². The number of benzene rings is 2. The zero-order valence-electron chi connectivity index (χ0n) is 22.2. The van der Waals surface area contributed by atoms with E-state index in [1.807, 2.05) is 54.3 Å². The SMILES string of the molecule is Cc1ccc(C(=O)N(CCN2CCCC2)CC(=O)N(Cc2ccc3c(c2)OCO3)Cc2sccc2C)cc1. The number of aryl methyl sites for hydroxylation is 2. The van der Waals surface area contributed by atoms with Gasteiger partial charge in [-0.05, 0) is 86.6 Å². The van der Waals surface area contributed by atoms with Crippen LogP contribution in [0.25, 0.3) is 0 Å². The number of hydrogen-bond acceptors (Lipinski definition) is 6. The number of likely N-dealkylation sites (tertiary alicyclic amines) is 1. The lowest BCUT2D eigenvalue weighted by molar-refractivity contribution is -0.133. The zero-order valence-corrected chi connectivity index (χ0v) is 23.0. The molecule has 2 amide bonds. The molecular formula is C30H35N3O4S. The first-order chi connectivity index (χ1) is 18.5. The lowest BCUT2D eigenvalue weighted by atomic mass is 10.1. The molecule has 2 aliphatic heterocycles. The molecule has 8 heteroatoms. The van der Waals surface area contributed by atoms with Crippen LogP contribution in [0.2, 0.25) is 0 Å². The number of nitrogens with zero attached hydrogens (tertiary/aromatic N) is 3. The minimum atomic E-state index is -0.104. The Labute approximate surface area is 228 Å². The second-order valence-corrected chi connectivity index (χ2v) is 11.1. The van der Waals surface area contributed by atoms with Gasteiger partial charge < -0.3 is 24.2 Å². The van der Waals surface area contributed by atoms with E-state index in [1.54, 1.807) is 16.2 Å². The summed E-state index contributed by atoms with van der Waals surface area (Å²) in [6.07, 6.45) is 2.38. The predicted octanol–water partition coefficient (Wildman–Crippen LogP) is 4.86. The maximum atomic E-state index is 13.9. The van der Waals surface area contributed by atoms with Crippen molar-refractivity contribution in [2.45, 2.75) is 39.8 Å². The minimum Gasteiger partial charge on any atom is -0.454 e. The molecule has 0 bridgehead atoms. The normalized spacial score (nSPS) is 14.6. The van der Waals surface area contributed by atoms with Crippen LogP contribution < -0.4 is 9.47 Å². The molecule has 1 aromatic heterocycles. The van der Waals surface area contributed by atoms with Crippen LogP contribution in [0.4, 0.5) is 0 Å². The van der Waals surface area contributed by atoms with Gasteiger partial charge in [-0.3, -0.25) is 9.59 Å². The summed E-state index contributed by atoms with van der Waals surface area (Å²) in [6, 6.07) is 15.5. The van der Waals surface area contributed by atoms with E-state index < -0.39 is 0 Å². The topological polar surface area (TPSA) is 62.3 Å². The molecule has 5 rings (SSSR count). The van der Waals surface area contributed by atoms with Gasteiger partial charge in [-0.1, -0.05) is 23.8 Å². The molecule has 0 saturated carbocycles. The van der Waals surface area contributed by atoms with E-state index in [2.05, 4.69) is 23.3 Å². The standard InChI is InChI=1S/C30H35N3O4S/c1-22-5-8-25(9-6-22)30(35)32(15-14-31-12-3-4-13-31)20-29(34)33(19-28-23(2)11-16-38-28)18-24-7-10-26-27(17-24)37-21-36-26/h5-11,16-17H,3-4,12-15,18-21H2,1-2H3. The van der Waals surface area contributed by atoms with Crippen LogP contribution in [0.3, 0.4) is 0 Å². The highest BCUT2D eigenvalue weighted by molar-refractivity contribution is 7.10. The molecule has 0 aliphatic carbocycles. The summed E-state index contributed by atoms with van der Waals surface area (Å²) in [5.74, 6) is 1.24. The van der Waals surface area contributed by atoms with Crippen molar-refractivity contribution >= 4 is 23.2 Å². The maximum Gasteiger partial charge on any atom is 0.254 e. The number of thiophene rings is 1. The maximum absolute atomic E-state index is 13.9. The highest BCUT2D eigenvalue weighted by Crippen LogP contribution is 2.33. The van der Waals surface area contributed by atoms with Gasteiger partial charge in [-0.25, -0.2) is 0 Å². The average molecular weight is 534 g/mol. The smallest absolute Gasteiger partial charge is 0.254 e. The van der Waals surface area contributed by atoms with Gasteiger partial charge in [-0.15, -0.1) is 11.3 Å². The lowest BCUT2D eigenvalue weighted by Crippen LogP contribution is -2.45. The van der Waals surface area contributed by atoms with Gasteiger partial charge in [0.2, 0.25) is 12.7 Å². The third-order valence-electron chi connectivity index (χ3n) is 7.26. The summed E-state index contributed by atoms with van der Waals surface area (Å²) in [4.78, 5) is 34.6. The Hall–Kier alpha value is -3.36. The van der Waals surface area contributed by atoms with Gasteiger partial charge in [0, 0.05) is 30.1 Å². The van der Waals surface area contributed by atoms with Crippen molar-refractivity contribution in [2.24, 2.45) is 0 Å². The summed E-state index contributed by atoms with van der Waals surface area (Å²) in [5.41, 5.74) is 3.84. The minimum absolute atomic E-state index is 0.0372. The Morgan fingerprint density at radius 1 is 0.921 bits per heavy atom. The number of carbonyl (C=O) groups is 2. The molecule has 0 unspecified atom stereocenters. The molecule has 200 valence electrons. The Balaban J connectivity index is 1.36. The largest absolute Gasteiger partial charge is 0.454 e. The fourth-order valence-electron chi connectivity index (χ4n) is 4.89. The van der Waals surface area contributed by atoms with Crippen molar-refractivity contribution in [3.63, 3.8) is 0 Å². The molecular weight excluding hydrogens is 498 g/mol. The monoisotopic (exact) mass is 533 g/mol. The first-order valence-electron chi connectivity index (χ1n) is 13.2. The second-order valence-electron chi connectivity index (χ2n) is 10.1. The number of hydrogen-bond donors (Lipinski definition) is 0. The number of carbonyl (C=O) groups excluding carboxylic acids is 2. The van der Waals surface area contributed by atoms with Gasteiger partial charge in [0.1, 0.15) is 6.54 Å². The van der Waals surface area contributed by atoms with Gasteiger partial charge >= 0.3 is 0 Å². The molecule has 3 aromatic rings. The number of ether oxygens (including phenoxy) is 2. The van der Waals surface area contributed by atoms with Crippen LogP contribution in [0.15, 0.2) is 53.9 Å². The second kappa shape index (κ2) is 12.0. The third kappa shape index (κ3) is 6.37. The van der Waals surface area contributed by atoms with Crippen molar-refractivity contribution in [2.75, 3.05) is 39.5 Å². The van der Waals surface area contributed by atoms with Crippen molar-refractivity contribution in [1.82, 2.24) is 14.7 Å². The van der Waals surface area contributed by atoms with E-state index in [0.717, 1.165) is 41.4 Å². The molecule has 0 N–H and O–H groups in total. The van der Waals surface area contributed by atoms with E-state index in [0.29, 0.717) is 30.9 Å². The van der Waals surface area contributed by atoms with Crippen molar-refractivity contribution in [1.29, 1.82) is 0 Å². The number of fused-ring (bicyclic) bond motifs is 1. The van der Waals surface area contributed by atoms with Crippen molar-refractivity contribution < 1.29 is 19.1 Å². The Bertz CT molecular complexity index is 1270. The van der Waals surface area contributed by atoms with E-state index in [-0.39, 0.29) is 25.2 Å². The highest BCUT2D eigenvalue weighted by Gasteiger charge is 2.25. The van der Waals surface area contributed by atoms with E-state index in [1.165, 1.54) is 18.4 Å². The summed E-state index contributed by atoms with van der Waals surface area (Å²) in [6.45, 7) is 8.63. The fourth-order valence-corrected chi connectivity index (χ4v) is 5.81. The molecule has 38 heavy (non-hydrogen) atoms. The summed E-state index contributed by atoms with van der Waals surface area (Å²) < 4.78 is 11.0. The molecule has 0 atom stereocenters. The van der Waals surface area contributed by atoms with Gasteiger partial charge in [-0.2, -0.15) is 0 Å². The Morgan fingerprint density at radius 2 is 1.68 bits per heavy atom. The first-order valence-corrected chi connectivity index (χ1v) is 14.1. The molecule has 1 fully saturated rings. The van der Waals surface area contributed by atoms with E-state index >= 15 is 0 Å². The quantitative estimate of drug-likeness (QED) is 0.373. The average Bonchev–Trinajstić information content (AvgIpc) is 3.69. The molecule has 2 aliphatic rings. The van der Waals surface area contributed by atoms with Crippen LogP contribution in [0.1, 0.15) is 44.8 Å². The van der Waals surface area contributed by atoms with Crippen LogP contribution in [0, 0.1) is 13.8 Å². The van der Waals surface area contributed by atoms with Crippen molar-refractivity contribution in [3.8, 4) is 11.5 Å². The molecule has 3 heterocycles. The number of amides is 2. The molecule has 0 spiro atoms. The molecule has 7 nitrogen and oxygen atoms in total. The summed E-state index contributed by atoms with van der Waals surface area (Å²) in [7, 11) is 0. The zero-order chi connectivity index (χ0) is 26.5. The molecule has 0 radical (unpaired) electrons. The van der Waals surface area contributed by atoms with Gasteiger partial charge in [0.05, 0.1) is 6.54 Å². The predicted molar refractivity (Wildman–Crippen MR) is 149 cm³/mol. The van der Waals surface area contributed by atoms with Crippen LogP contribution in [-0.2, 0) is 17.9 Å².